The van der Waals surface area contributed by atoms with Crippen molar-refractivity contribution in [3.05, 3.63) is 70.3 Å². The van der Waals surface area contributed by atoms with Crippen LogP contribution in [-0.4, -0.2) is 25.5 Å². The first-order valence-electron chi connectivity index (χ1n) is 7.75. The summed E-state index contributed by atoms with van der Waals surface area (Å²) < 4.78 is 10.4. The van der Waals surface area contributed by atoms with E-state index in [4.69, 9.17) is 4.74 Å². The van der Waals surface area contributed by atoms with Crippen molar-refractivity contribution < 1.29 is 19.1 Å². The van der Waals surface area contributed by atoms with E-state index in [1.54, 1.807) is 24.3 Å². The third-order valence-electron chi connectivity index (χ3n) is 3.97. The third-order valence-corrected chi connectivity index (χ3v) is 3.97. The zero-order valence-electron chi connectivity index (χ0n) is 13.7. The Labute approximate surface area is 140 Å². The fourth-order valence-corrected chi connectivity index (χ4v) is 2.68. The standard InChI is InChI=1S/C20H18O4/c1-13-3-8-18-17(11-13)19(21)16(9-10-24-18)12-14-4-6-15(7-5-14)20(22)23-2/h3-8,11-12H,9-10H2,1-2H3/b16-12-. The lowest BCUT2D eigenvalue weighted by Gasteiger charge is -2.06. The van der Waals surface area contributed by atoms with Gasteiger partial charge in [0.25, 0.3) is 0 Å². The van der Waals surface area contributed by atoms with Crippen LogP contribution in [0.25, 0.3) is 6.08 Å². The molecule has 0 bridgehead atoms. The lowest BCUT2D eigenvalue weighted by atomic mass is 9.97. The predicted molar refractivity (Wildman–Crippen MR) is 91.4 cm³/mol. The second-order valence-electron chi connectivity index (χ2n) is 5.71. The monoisotopic (exact) mass is 322 g/mol. The first kappa shape index (κ1) is 16.0. The van der Waals surface area contributed by atoms with Gasteiger partial charge in [0, 0.05) is 12.0 Å². The molecule has 0 unspecified atom stereocenters. The minimum atomic E-state index is -0.377. The van der Waals surface area contributed by atoms with Crippen LogP contribution in [0.15, 0.2) is 48.0 Å². The normalized spacial score (nSPS) is 15.4. The predicted octanol–water partition coefficient (Wildman–Crippen LogP) is 3.83. The SMILES string of the molecule is COC(=O)c1ccc(/C=C2/CCOc3ccc(C)cc3C2=O)cc1. The lowest BCUT2D eigenvalue weighted by Crippen LogP contribution is -2.03. The number of carbonyl (C=O) groups is 2. The van der Waals surface area contributed by atoms with Crippen LogP contribution in [0.4, 0.5) is 0 Å². The Hall–Kier alpha value is -2.88. The van der Waals surface area contributed by atoms with Gasteiger partial charge in [0.1, 0.15) is 5.75 Å². The van der Waals surface area contributed by atoms with E-state index in [2.05, 4.69) is 4.74 Å². The number of ketones is 1. The minimum absolute atomic E-state index is 0.0109. The van der Waals surface area contributed by atoms with Gasteiger partial charge >= 0.3 is 5.97 Å². The number of hydrogen-bond donors (Lipinski definition) is 0. The summed E-state index contributed by atoms with van der Waals surface area (Å²) in [5.41, 5.74) is 3.67. The van der Waals surface area contributed by atoms with E-state index in [1.165, 1.54) is 7.11 Å². The van der Waals surface area contributed by atoms with Gasteiger partial charge in [-0.15, -0.1) is 0 Å². The van der Waals surface area contributed by atoms with Gasteiger partial charge in [-0.1, -0.05) is 23.8 Å². The average molecular weight is 322 g/mol. The summed E-state index contributed by atoms with van der Waals surface area (Å²) in [5.74, 6) is 0.246. The summed E-state index contributed by atoms with van der Waals surface area (Å²) in [6, 6.07) is 12.6. The molecule has 4 nitrogen and oxygen atoms in total. The van der Waals surface area contributed by atoms with E-state index >= 15 is 0 Å². The largest absolute Gasteiger partial charge is 0.492 e. The van der Waals surface area contributed by atoms with E-state index in [0.717, 1.165) is 11.1 Å². The van der Waals surface area contributed by atoms with Gasteiger partial charge in [-0.2, -0.15) is 0 Å². The molecule has 0 saturated carbocycles. The fraction of sp³-hybridized carbons (Fsp3) is 0.200. The summed E-state index contributed by atoms with van der Waals surface area (Å²) in [6.45, 7) is 2.42. The maximum atomic E-state index is 12.8. The van der Waals surface area contributed by atoms with Crippen molar-refractivity contribution >= 4 is 17.8 Å². The molecule has 24 heavy (non-hydrogen) atoms. The highest BCUT2D eigenvalue weighted by Gasteiger charge is 2.21. The zero-order chi connectivity index (χ0) is 17.1. The van der Waals surface area contributed by atoms with Crippen molar-refractivity contribution in [1.82, 2.24) is 0 Å². The Morgan fingerprint density at radius 1 is 1.17 bits per heavy atom. The van der Waals surface area contributed by atoms with Crippen LogP contribution >= 0.6 is 0 Å². The highest BCUT2D eigenvalue weighted by Crippen LogP contribution is 2.28. The molecule has 0 spiro atoms. The van der Waals surface area contributed by atoms with Crippen molar-refractivity contribution in [2.24, 2.45) is 0 Å². The zero-order valence-corrected chi connectivity index (χ0v) is 13.7. The second kappa shape index (κ2) is 6.71. The molecule has 2 aromatic rings. The summed E-state index contributed by atoms with van der Waals surface area (Å²) in [5, 5.41) is 0. The smallest absolute Gasteiger partial charge is 0.337 e. The van der Waals surface area contributed by atoms with Crippen LogP contribution in [0.3, 0.4) is 0 Å². The second-order valence-corrected chi connectivity index (χ2v) is 5.71. The average Bonchev–Trinajstić information content (AvgIpc) is 2.75. The van der Waals surface area contributed by atoms with E-state index in [1.807, 2.05) is 31.2 Å². The summed E-state index contributed by atoms with van der Waals surface area (Å²) in [6.07, 6.45) is 2.40. The molecule has 0 radical (unpaired) electrons. The molecule has 0 fully saturated rings. The number of aryl methyl sites for hydroxylation is 1. The van der Waals surface area contributed by atoms with E-state index in [9.17, 15) is 9.59 Å². The van der Waals surface area contributed by atoms with Gasteiger partial charge < -0.3 is 9.47 Å². The number of ether oxygens (including phenoxy) is 2. The molecule has 1 aliphatic heterocycles. The third kappa shape index (κ3) is 3.23. The molecule has 0 aromatic heterocycles. The summed E-state index contributed by atoms with van der Waals surface area (Å²) in [4.78, 5) is 24.3. The van der Waals surface area contributed by atoms with Crippen molar-refractivity contribution in [3.8, 4) is 5.75 Å². The number of Topliss-reactive ketones (excluding diaryl/α,β-unsaturated/α-hetero) is 1. The first-order valence-corrected chi connectivity index (χ1v) is 7.75. The number of fused-ring (bicyclic) bond motifs is 1. The number of benzene rings is 2. The van der Waals surface area contributed by atoms with Crippen LogP contribution in [0.2, 0.25) is 0 Å². The van der Waals surface area contributed by atoms with Gasteiger partial charge in [-0.05, 0) is 42.8 Å². The molecule has 1 heterocycles. The van der Waals surface area contributed by atoms with Gasteiger partial charge in [0.15, 0.2) is 5.78 Å². The van der Waals surface area contributed by atoms with Crippen molar-refractivity contribution in [1.29, 1.82) is 0 Å². The lowest BCUT2D eigenvalue weighted by molar-refractivity contribution is 0.0600. The number of rotatable bonds is 2. The number of carbonyl (C=O) groups excluding carboxylic acids is 2. The molecule has 0 aliphatic carbocycles. The van der Waals surface area contributed by atoms with Crippen LogP contribution in [0, 0.1) is 6.92 Å². The van der Waals surface area contributed by atoms with Crippen LogP contribution < -0.4 is 4.74 Å². The minimum Gasteiger partial charge on any atom is -0.492 e. The van der Waals surface area contributed by atoms with E-state index in [-0.39, 0.29) is 11.8 Å². The molecular formula is C20H18O4. The maximum absolute atomic E-state index is 12.8. The molecular weight excluding hydrogens is 304 g/mol. The topological polar surface area (TPSA) is 52.6 Å². The Morgan fingerprint density at radius 3 is 2.62 bits per heavy atom. The Kier molecular flexibility index (Phi) is 4.47. The maximum Gasteiger partial charge on any atom is 0.337 e. The van der Waals surface area contributed by atoms with Gasteiger partial charge in [0.05, 0.1) is 24.8 Å². The van der Waals surface area contributed by atoms with Crippen LogP contribution in [-0.2, 0) is 4.74 Å². The quantitative estimate of drug-likeness (QED) is 0.623. The molecule has 0 N–H and O–H groups in total. The van der Waals surface area contributed by atoms with Gasteiger partial charge in [-0.3, -0.25) is 4.79 Å². The van der Waals surface area contributed by atoms with Crippen molar-refractivity contribution in [3.63, 3.8) is 0 Å². The van der Waals surface area contributed by atoms with E-state index in [0.29, 0.717) is 35.5 Å². The van der Waals surface area contributed by atoms with Gasteiger partial charge in [0.2, 0.25) is 0 Å². The Bertz CT molecular complexity index is 816. The summed E-state index contributed by atoms with van der Waals surface area (Å²) >= 11 is 0. The van der Waals surface area contributed by atoms with Crippen molar-refractivity contribution in [2.45, 2.75) is 13.3 Å². The van der Waals surface area contributed by atoms with Crippen molar-refractivity contribution in [2.75, 3.05) is 13.7 Å². The highest BCUT2D eigenvalue weighted by atomic mass is 16.5. The number of hydrogen-bond acceptors (Lipinski definition) is 4. The Balaban J connectivity index is 1.92. The molecule has 122 valence electrons. The molecule has 0 saturated heterocycles. The first-order chi connectivity index (χ1) is 11.6. The number of methoxy groups -OCH3 is 1. The van der Waals surface area contributed by atoms with Gasteiger partial charge in [-0.25, -0.2) is 4.79 Å². The summed E-state index contributed by atoms with van der Waals surface area (Å²) in [7, 11) is 1.35. The molecule has 4 heteroatoms. The number of esters is 1. The molecule has 2 aromatic carbocycles. The van der Waals surface area contributed by atoms with Crippen LogP contribution in [0.5, 0.6) is 5.75 Å². The Morgan fingerprint density at radius 2 is 1.92 bits per heavy atom. The highest BCUT2D eigenvalue weighted by molar-refractivity contribution is 6.13. The van der Waals surface area contributed by atoms with Crippen LogP contribution in [0.1, 0.15) is 38.3 Å². The fourth-order valence-electron chi connectivity index (χ4n) is 2.68. The van der Waals surface area contributed by atoms with E-state index < -0.39 is 0 Å². The molecule has 1 aliphatic rings. The molecule has 0 atom stereocenters. The molecule has 3 rings (SSSR count). The molecule has 0 amide bonds.